The summed E-state index contributed by atoms with van der Waals surface area (Å²) in [6, 6.07) is 15.0. The van der Waals surface area contributed by atoms with E-state index in [4.69, 9.17) is 23.2 Å². The predicted octanol–water partition coefficient (Wildman–Crippen LogP) is 4.66. The summed E-state index contributed by atoms with van der Waals surface area (Å²) in [6.07, 6.45) is 3.54. The average Bonchev–Trinajstić information content (AvgIpc) is 3.01. The van der Waals surface area contributed by atoms with Crippen LogP contribution in [0.4, 0.5) is 5.69 Å². The molecule has 0 aliphatic carbocycles. The van der Waals surface area contributed by atoms with E-state index in [1.54, 1.807) is 18.3 Å². The van der Waals surface area contributed by atoms with E-state index in [0.717, 1.165) is 22.6 Å². The van der Waals surface area contributed by atoms with Gasteiger partial charge in [-0.2, -0.15) is 0 Å². The van der Waals surface area contributed by atoms with Gasteiger partial charge in [-0.3, -0.25) is 4.40 Å². The highest BCUT2D eigenvalue weighted by molar-refractivity contribution is 6.28. The molecule has 0 saturated heterocycles. The number of imidazole rings is 1. The summed E-state index contributed by atoms with van der Waals surface area (Å²) in [5.41, 5.74) is 4.47. The van der Waals surface area contributed by atoms with Crippen molar-refractivity contribution in [2.24, 2.45) is 0 Å². The number of hydrogen-bond acceptors (Lipinski definition) is 3. The van der Waals surface area contributed by atoms with Crippen LogP contribution >= 0.6 is 11.6 Å². The van der Waals surface area contributed by atoms with Crippen LogP contribution in [0.3, 0.4) is 0 Å². The number of aromatic nitrogens is 4. The van der Waals surface area contributed by atoms with Crippen molar-refractivity contribution in [3.8, 4) is 22.6 Å². The van der Waals surface area contributed by atoms with Gasteiger partial charge in [0.2, 0.25) is 5.28 Å². The zero-order valence-electron chi connectivity index (χ0n) is 12.4. The van der Waals surface area contributed by atoms with Gasteiger partial charge in [0.15, 0.2) is 5.69 Å². The smallest absolute Gasteiger partial charge is 0.222 e. The van der Waals surface area contributed by atoms with E-state index in [0.29, 0.717) is 11.4 Å². The van der Waals surface area contributed by atoms with Crippen LogP contribution in [0.1, 0.15) is 0 Å². The first-order valence-corrected chi connectivity index (χ1v) is 7.58. The Labute approximate surface area is 143 Å². The van der Waals surface area contributed by atoms with Crippen molar-refractivity contribution in [2.45, 2.75) is 0 Å². The Morgan fingerprint density at radius 1 is 1.04 bits per heavy atom. The molecule has 4 rings (SSSR count). The molecule has 0 atom stereocenters. The van der Waals surface area contributed by atoms with Crippen LogP contribution in [0.2, 0.25) is 5.28 Å². The van der Waals surface area contributed by atoms with E-state index in [1.807, 2.05) is 47.0 Å². The normalized spacial score (nSPS) is 10.7. The molecule has 0 unspecified atom stereocenters. The van der Waals surface area contributed by atoms with Gasteiger partial charge in [-0.1, -0.05) is 24.3 Å². The monoisotopic (exact) mass is 331 g/mol. The van der Waals surface area contributed by atoms with Crippen LogP contribution in [-0.4, -0.2) is 19.4 Å². The first-order valence-electron chi connectivity index (χ1n) is 7.20. The summed E-state index contributed by atoms with van der Waals surface area (Å²) >= 11 is 5.97. The fourth-order valence-corrected chi connectivity index (χ4v) is 2.78. The minimum absolute atomic E-state index is 0.180. The molecule has 6 heteroatoms. The highest BCUT2D eigenvalue weighted by atomic mass is 35.5. The van der Waals surface area contributed by atoms with Crippen LogP contribution in [-0.2, 0) is 0 Å². The number of halogens is 1. The molecule has 0 spiro atoms. The molecule has 1 aromatic carbocycles. The van der Waals surface area contributed by atoms with Crippen LogP contribution in [0.5, 0.6) is 0 Å². The lowest BCUT2D eigenvalue weighted by Crippen LogP contribution is -1.93. The number of hydrogen-bond donors (Lipinski definition) is 0. The van der Waals surface area contributed by atoms with Gasteiger partial charge < -0.3 is 0 Å². The Kier molecular flexibility index (Phi) is 3.45. The second-order valence-electron chi connectivity index (χ2n) is 5.11. The van der Waals surface area contributed by atoms with Crippen LogP contribution < -0.4 is 0 Å². The molecule has 4 aromatic rings. The third-order valence-corrected chi connectivity index (χ3v) is 3.83. The largest absolute Gasteiger partial charge is 0.298 e. The minimum atomic E-state index is 0.180. The summed E-state index contributed by atoms with van der Waals surface area (Å²) < 4.78 is 1.96. The lowest BCUT2D eigenvalue weighted by molar-refractivity contribution is 1.13. The molecule has 0 aliphatic heterocycles. The number of benzene rings is 1. The number of rotatable bonds is 2. The zero-order valence-corrected chi connectivity index (χ0v) is 13.1. The molecule has 0 radical (unpaired) electrons. The van der Waals surface area contributed by atoms with E-state index in [9.17, 15) is 0 Å². The highest BCUT2D eigenvalue weighted by Gasteiger charge is 2.17. The van der Waals surface area contributed by atoms with Crippen molar-refractivity contribution in [3.05, 3.63) is 77.6 Å². The van der Waals surface area contributed by atoms with Gasteiger partial charge in [0.1, 0.15) is 5.65 Å². The van der Waals surface area contributed by atoms with Gasteiger partial charge in [-0.25, -0.2) is 19.8 Å². The molecule has 0 aliphatic rings. The van der Waals surface area contributed by atoms with Crippen LogP contribution in [0.15, 0.2) is 60.9 Å². The molecule has 3 aromatic heterocycles. The Balaban J connectivity index is 2.05. The van der Waals surface area contributed by atoms with Crippen molar-refractivity contribution in [3.63, 3.8) is 0 Å². The Morgan fingerprint density at radius 3 is 2.79 bits per heavy atom. The third kappa shape index (κ3) is 2.39. The molecule has 0 N–H and O–H groups in total. The molecule has 114 valence electrons. The fourth-order valence-electron chi connectivity index (χ4n) is 2.63. The van der Waals surface area contributed by atoms with Gasteiger partial charge in [-0.15, -0.1) is 0 Å². The maximum absolute atomic E-state index is 7.22. The van der Waals surface area contributed by atoms with E-state index in [1.165, 1.54) is 0 Å². The quantitative estimate of drug-likeness (QED) is 0.396. The van der Waals surface area contributed by atoms with Crippen LogP contribution in [0.25, 0.3) is 33.1 Å². The predicted molar refractivity (Wildman–Crippen MR) is 92.9 cm³/mol. The Morgan fingerprint density at radius 2 is 1.96 bits per heavy atom. The number of nitrogens with zero attached hydrogens (tertiary/aromatic N) is 5. The first kappa shape index (κ1) is 14.4. The summed E-state index contributed by atoms with van der Waals surface area (Å²) in [5.74, 6) is 0. The first-order chi connectivity index (χ1) is 11.8. The molecule has 0 amide bonds. The van der Waals surface area contributed by atoms with Crippen molar-refractivity contribution in [1.29, 1.82) is 0 Å². The summed E-state index contributed by atoms with van der Waals surface area (Å²) in [6.45, 7) is 7.22. The maximum atomic E-state index is 7.22. The second kappa shape index (κ2) is 5.76. The van der Waals surface area contributed by atoms with Gasteiger partial charge in [0.05, 0.1) is 23.7 Å². The standard InChI is InChI=1S/C18H10ClN5/c1-20-13-6-4-5-12(11-13)16-17(14-8-9-21-18(19)22-14)24-10-3-2-7-15(24)23-16/h2-11H. The number of pyridine rings is 1. The molecule has 0 fully saturated rings. The van der Waals surface area contributed by atoms with Gasteiger partial charge >= 0.3 is 0 Å². The fraction of sp³-hybridized carbons (Fsp3) is 0. The molecule has 0 bridgehead atoms. The molecular weight excluding hydrogens is 322 g/mol. The van der Waals surface area contributed by atoms with Crippen molar-refractivity contribution < 1.29 is 0 Å². The minimum Gasteiger partial charge on any atom is -0.298 e. The summed E-state index contributed by atoms with van der Waals surface area (Å²) in [7, 11) is 0. The summed E-state index contributed by atoms with van der Waals surface area (Å²) in [5, 5.41) is 0.180. The second-order valence-corrected chi connectivity index (χ2v) is 5.45. The van der Waals surface area contributed by atoms with Crippen molar-refractivity contribution >= 4 is 22.9 Å². The zero-order chi connectivity index (χ0) is 16.5. The van der Waals surface area contributed by atoms with Crippen LogP contribution in [0, 0.1) is 6.57 Å². The van der Waals surface area contributed by atoms with E-state index >= 15 is 0 Å². The van der Waals surface area contributed by atoms with E-state index in [2.05, 4.69) is 14.8 Å². The lowest BCUT2D eigenvalue weighted by atomic mass is 10.1. The molecule has 3 heterocycles. The SMILES string of the molecule is [C-]#[N+]c1cccc(-c2nc3ccccn3c2-c2ccnc(Cl)n2)c1. The van der Waals surface area contributed by atoms with E-state index < -0.39 is 0 Å². The molecule has 5 nitrogen and oxygen atoms in total. The average molecular weight is 332 g/mol. The van der Waals surface area contributed by atoms with Gasteiger partial charge in [-0.05, 0) is 41.4 Å². The third-order valence-electron chi connectivity index (χ3n) is 3.65. The van der Waals surface area contributed by atoms with Crippen molar-refractivity contribution in [1.82, 2.24) is 19.4 Å². The van der Waals surface area contributed by atoms with Gasteiger partial charge in [0, 0.05) is 12.4 Å². The lowest BCUT2D eigenvalue weighted by Gasteiger charge is -2.05. The Bertz CT molecular complexity index is 1090. The van der Waals surface area contributed by atoms with E-state index in [-0.39, 0.29) is 5.28 Å². The van der Waals surface area contributed by atoms with Crippen molar-refractivity contribution in [2.75, 3.05) is 0 Å². The Hall–Kier alpha value is -3.23. The molecule has 24 heavy (non-hydrogen) atoms. The maximum Gasteiger partial charge on any atom is 0.222 e. The number of fused-ring (bicyclic) bond motifs is 1. The highest BCUT2D eigenvalue weighted by Crippen LogP contribution is 2.33. The molecule has 0 saturated carbocycles. The van der Waals surface area contributed by atoms with Gasteiger partial charge in [0.25, 0.3) is 0 Å². The topological polar surface area (TPSA) is 47.4 Å². The summed E-state index contributed by atoms with van der Waals surface area (Å²) in [4.78, 5) is 16.5. The molecular formula is C18H10ClN5.